The van der Waals surface area contributed by atoms with Crippen molar-refractivity contribution in [2.45, 2.75) is 25.7 Å². The summed E-state index contributed by atoms with van der Waals surface area (Å²) in [6.45, 7) is 4.13. The second kappa shape index (κ2) is 8.79. The van der Waals surface area contributed by atoms with Gasteiger partial charge in [-0.1, -0.05) is 24.3 Å². The fourth-order valence-electron chi connectivity index (χ4n) is 4.39. The molecule has 2 aromatic carbocycles. The first-order chi connectivity index (χ1) is 15.3. The predicted molar refractivity (Wildman–Crippen MR) is 124 cm³/mol. The van der Waals surface area contributed by atoms with Crippen molar-refractivity contribution in [3.05, 3.63) is 60.5 Å². The Morgan fingerprint density at radius 3 is 1.81 bits per heavy atom. The summed E-state index contributed by atoms with van der Waals surface area (Å²) < 4.78 is 14.6. The Balaban J connectivity index is 1.40. The van der Waals surface area contributed by atoms with E-state index in [1.165, 1.54) is 31.9 Å². The third-order valence-corrected chi connectivity index (χ3v) is 5.95. The van der Waals surface area contributed by atoms with E-state index in [0.717, 1.165) is 48.9 Å². The lowest BCUT2D eigenvalue weighted by molar-refractivity contribution is 0.619. The molecule has 0 spiro atoms. The lowest BCUT2D eigenvalue weighted by Gasteiger charge is -2.22. The maximum atomic E-state index is 14.6. The third kappa shape index (κ3) is 4.26. The molecule has 3 aromatic rings. The maximum Gasteiger partial charge on any atom is 0.229 e. The molecule has 0 atom stereocenters. The first-order valence-electron chi connectivity index (χ1n) is 11.0. The molecular formula is C24H27FN6. The van der Waals surface area contributed by atoms with Gasteiger partial charge in [-0.2, -0.15) is 4.98 Å². The van der Waals surface area contributed by atoms with Crippen molar-refractivity contribution in [1.82, 2.24) is 9.97 Å². The van der Waals surface area contributed by atoms with Gasteiger partial charge in [0.1, 0.15) is 0 Å². The molecule has 5 rings (SSSR count). The molecule has 1 aromatic heterocycles. The Morgan fingerprint density at radius 2 is 1.23 bits per heavy atom. The summed E-state index contributed by atoms with van der Waals surface area (Å²) in [7, 11) is 0. The quantitative estimate of drug-likeness (QED) is 0.566. The molecule has 7 heteroatoms. The Labute approximate surface area is 182 Å². The summed E-state index contributed by atoms with van der Waals surface area (Å²) in [6.07, 6.45) is 5.98. The van der Waals surface area contributed by atoms with Gasteiger partial charge in [0.2, 0.25) is 5.95 Å². The van der Waals surface area contributed by atoms with Crippen LogP contribution in [0.15, 0.2) is 54.7 Å². The number of anilines is 6. The standard InChI is InChI=1S/C24H27FN6/c25-18-17-26-24(28-20-10-2-4-12-22(20)31-15-7-8-16-31)29-23(18)27-19-9-1-3-11-21(19)30-13-5-6-14-30/h1-4,9-12,17H,5-8,13-16H2,(H2,26,27,28,29). The molecule has 0 saturated carbocycles. The van der Waals surface area contributed by atoms with Gasteiger partial charge >= 0.3 is 0 Å². The summed E-state index contributed by atoms with van der Waals surface area (Å²) in [6, 6.07) is 16.1. The molecule has 0 aliphatic carbocycles. The fraction of sp³-hybridized carbons (Fsp3) is 0.333. The molecule has 6 nitrogen and oxygen atoms in total. The molecule has 2 saturated heterocycles. The summed E-state index contributed by atoms with van der Waals surface area (Å²) in [5, 5.41) is 6.49. The number of halogens is 1. The van der Waals surface area contributed by atoms with E-state index in [4.69, 9.17) is 0 Å². The zero-order valence-corrected chi connectivity index (χ0v) is 17.5. The SMILES string of the molecule is Fc1cnc(Nc2ccccc2N2CCCC2)nc1Nc1ccccc1N1CCCC1. The molecule has 0 unspecified atom stereocenters. The Morgan fingerprint density at radius 1 is 0.710 bits per heavy atom. The van der Waals surface area contributed by atoms with E-state index in [1.54, 1.807) is 0 Å². The summed E-state index contributed by atoms with van der Waals surface area (Å²) in [5.41, 5.74) is 3.98. The largest absolute Gasteiger partial charge is 0.370 e. The van der Waals surface area contributed by atoms with Gasteiger partial charge in [0.25, 0.3) is 0 Å². The second-order valence-corrected chi connectivity index (χ2v) is 8.06. The van der Waals surface area contributed by atoms with Crippen molar-refractivity contribution >= 4 is 34.5 Å². The molecule has 2 aliphatic rings. The average molecular weight is 419 g/mol. The molecule has 0 amide bonds. The van der Waals surface area contributed by atoms with Crippen LogP contribution in [-0.4, -0.2) is 36.1 Å². The summed E-state index contributed by atoms with van der Waals surface area (Å²) >= 11 is 0. The topological polar surface area (TPSA) is 56.3 Å². The van der Waals surface area contributed by atoms with Crippen LogP contribution >= 0.6 is 0 Å². The van der Waals surface area contributed by atoms with Crippen LogP contribution in [0.3, 0.4) is 0 Å². The minimum Gasteiger partial charge on any atom is -0.370 e. The zero-order valence-electron chi connectivity index (χ0n) is 17.5. The number of nitrogens with one attached hydrogen (secondary N) is 2. The van der Waals surface area contributed by atoms with E-state index in [2.05, 4.69) is 42.5 Å². The zero-order chi connectivity index (χ0) is 21.0. The molecule has 2 aliphatic heterocycles. The maximum absolute atomic E-state index is 14.6. The summed E-state index contributed by atoms with van der Waals surface area (Å²) in [5.74, 6) is 0.0617. The van der Waals surface area contributed by atoms with Gasteiger partial charge in [-0.15, -0.1) is 0 Å². The number of para-hydroxylation sites is 4. The van der Waals surface area contributed by atoms with E-state index < -0.39 is 5.82 Å². The summed E-state index contributed by atoms with van der Waals surface area (Å²) in [4.78, 5) is 13.3. The molecule has 160 valence electrons. The number of rotatable bonds is 6. The van der Waals surface area contributed by atoms with Crippen molar-refractivity contribution in [2.24, 2.45) is 0 Å². The van der Waals surface area contributed by atoms with Crippen molar-refractivity contribution in [3.63, 3.8) is 0 Å². The van der Waals surface area contributed by atoms with Crippen molar-refractivity contribution in [1.29, 1.82) is 0 Å². The highest BCUT2D eigenvalue weighted by atomic mass is 19.1. The minimum atomic E-state index is -0.477. The lowest BCUT2D eigenvalue weighted by Crippen LogP contribution is -2.19. The Hall–Kier alpha value is -3.35. The van der Waals surface area contributed by atoms with Crippen LogP contribution in [0.4, 0.5) is 38.9 Å². The van der Waals surface area contributed by atoms with Gasteiger partial charge in [-0.05, 0) is 49.9 Å². The number of benzene rings is 2. The van der Waals surface area contributed by atoms with E-state index in [-0.39, 0.29) is 5.82 Å². The van der Waals surface area contributed by atoms with Crippen LogP contribution in [0.25, 0.3) is 0 Å². The second-order valence-electron chi connectivity index (χ2n) is 8.06. The van der Waals surface area contributed by atoms with Crippen LogP contribution in [-0.2, 0) is 0 Å². The van der Waals surface area contributed by atoms with Gasteiger partial charge < -0.3 is 20.4 Å². The van der Waals surface area contributed by atoms with Crippen molar-refractivity contribution in [2.75, 3.05) is 46.6 Å². The van der Waals surface area contributed by atoms with E-state index >= 15 is 0 Å². The molecule has 0 bridgehead atoms. The Kier molecular flexibility index (Phi) is 5.56. The van der Waals surface area contributed by atoms with E-state index in [1.807, 2.05) is 36.4 Å². The highest BCUT2D eigenvalue weighted by Gasteiger charge is 2.18. The molecule has 2 N–H and O–H groups in total. The van der Waals surface area contributed by atoms with Crippen molar-refractivity contribution in [3.8, 4) is 0 Å². The highest BCUT2D eigenvalue weighted by Crippen LogP contribution is 2.33. The Bertz CT molecular complexity index is 1040. The number of aromatic nitrogens is 2. The van der Waals surface area contributed by atoms with Gasteiger partial charge in [0, 0.05) is 26.2 Å². The fourth-order valence-corrected chi connectivity index (χ4v) is 4.39. The molecule has 31 heavy (non-hydrogen) atoms. The van der Waals surface area contributed by atoms with Crippen LogP contribution in [0, 0.1) is 5.82 Å². The van der Waals surface area contributed by atoms with E-state index in [9.17, 15) is 4.39 Å². The first kappa shape index (κ1) is 19.6. The molecule has 2 fully saturated rings. The normalized spacial score (nSPS) is 16.0. The molecular weight excluding hydrogens is 391 g/mol. The number of nitrogens with zero attached hydrogens (tertiary/aromatic N) is 4. The van der Waals surface area contributed by atoms with Crippen LogP contribution in [0.5, 0.6) is 0 Å². The minimum absolute atomic E-state index is 0.169. The monoisotopic (exact) mass is 418 g/mol. The molecule has 3 heterocycles. The van der Waals surface area contributed by atoms with E-state index in [0.29, 0.717) is 5.95 Å². The lowest BCUT2D eigenvalue weighted by atomic mass is 10.2. The highest BCUT2D eigenvalue weighted by molar-refractivity contribution is 5.76. The number of hydrogen-bond acceptors (Lipinski definition) is 6. The average Bonchev–Trinajstić information content (AvgIpc) is 3.51. The number of hydrogen-bond donors (Lipinski definition) is 2. The predicted octanol–water partition coefficient (Wildman–Crippen LogP) is 5.30. The van der Waals surface area contributed by atoms with Gasteiger partial charge in [-0.25, -0.2) is 9.37 Å². The van der Waals surface area contributed by atoms with Gasteiger partial charge in [0.05, 0.1) is 28.9 Å². The van der Waals surface area contributed by atoms with Gasteiger partial charge in [-0.3, -0.25) is 0 Å². The van der Waals surface area contributed by atoms with Crippen LogP contribution in [0.1, 0.15) is 25.7 Å². The van der Waals surface area contributed by atoms with Gasteiger partial charge in [0.15, 0.2) is 11.6 Å². The first-order valence-corrected chi connectivity index (χ1v) is 11.0. The molecule has 0 radical (unpaired) electrons. The smallest absolute Gasteiger partial charge is 0.229 e. The van der Waals surface area contributed by atoms with Crippen LogP contribution in [0.2, 0.25) is 0 Å². The van der Waals surface area contributed by atoms with Crippen LogP contribution < -0.4 is 20.4 Å². The third-order valence-electron chi connectivity index (χ3n) is 5.95. The van der Waals surface area contributed by atoms with Crippen molar-refractivity contribution < 1.29 is 4.39 Å².